The molecule has 10 heteroatoms. The van der Waals surface area contributed by atoms with E-state index in [1.165, 1.54) is 6.07 Å². The molecule has 0 radical (unpaired) electrons. The number of thioether (sulfide) groups is 1. The second-order valence-corrected chi connectivity index (χ2v) is 9.80. The quantitative estimate of drug-likeness (QED) is 0.271. The number of pyridine rings is 1. The van der Waals surface area contributed by atoms with E-state index >= 15 is 0 Å². The maximum absolute atomic E-state index is 13.0. The van der Waals surface area contributed by atoms with Gasteiger partial charge in [-0.25, -0.2) is 4.68 Å². The lowest BCUT2D eigenvalue weighted by Gasteiger charge is -2.25. The third kappa shape index (κ3) is 6.70. The summed E-state index contributed by atoms with van der Waals surface area (Å²) in [5.74, 6) is 0.918. The van der Waals surface area contributed by atoms with Gasteiger partial charge < -0.3 is 4.74 Å². The molecule has 0 saturated carbocycles. The monoisotopic (exact) mass is 493 g/mol. The Morgan fingerprint density at radius 3 is 2.74 bits per heavy atom. The van der Waals surface area contributed by atoms with Crippen molar-refractivity contribution in [2.75, 3.05) is 32.1 Å². The van der Waals surface area contributed by atoms with Crippen molar-refractivity contribution in [2.45, 2.75) is 56.3 Å². The first-order valence-electron chi connectivity index (χ1n) is 11.7. The highest BCUT2D eigenvalue weighted by Crippen LogP contribution is 2.34. The van der Waals surface area contributed by atoms with E-state index in [4.69, 9.17) is 4.74 Å². The van der Waals surface area contributed by atoms with E-state index in [1.54, 1.807) is 18.0 Å². The second-order valence-electron chi connectivity index (χ2n) is 8.66. The Labute approximate surface area is 201 Å². The summed E-state index contributed by atoms with van der Waals surface area (Å²) < 4.78 is 46.2. The van der Waals surface area contributed by atoms with Crippen LogP contribution in [-0.4, -0.2) is 56.9 Å². The standard InChI is InChI=1S/C24H30F3N5OS/c1-18(32-17-20(29-30-32)16-31-10-12-33-13-11-31)5-3-2-4-14-34-23-8-9-28-22-15-19(24(25,26)27)6-7-21(22)23/h6-9,15,17-18H,2-5,10-14,16H2,1H3. The van der Waals surface area contributed by atoms with Crippen LogP contribution in [0.15, 0.2) is 41.6 Å². The lowest BCUT2D eigenvalue weighted by molar-refractivity contribution is -0.137. The van der Waals surface area contributed by atoms with E-state index in [0.717, 1.165) is 92.4 Å². The van der Waals surface area contributed by atoms with Crippen LogP contribution in [0.25, 0.3) is 10.9 Å². The summed E-state index contributed by atoms with van der Waals surface area (Å²) in [4.78, 5) is 7.43. The molecule has 1 aromatic carbocycles. The number of morpholine rings is 1. The molecule has 2 aromatic heterocycles. The minimum atomic E-state index is -4.35. The van der Waals surface area contributed by atoms with Crippen LogP contribution < -0.4 is 0 Å². The van der Waals surface area contributed by atoms with Crippen LogP contribution >= 0.6 is 11.8 Å². The molecule has 1 unspecified atom stereocenters. The van der Waals surface area contributed by atoms with Gasteiger partial charge in [-0.05, 0) is 43.7 Å². The molecule has 34 heavy (non-hydrogen) atoms. The van der Waals surface area contributed by atoms with Crippen molar-refractivity contribution >= 4 is 22.7 Å². The highest BCUT2D eigenvalue weighted by atomic mass is 32.2. The minimum Gasteiger partial charge on any atom is -0.379 e. The van der Waals surface area contributed by atoms with Gasteiger partial charge in [-0.3, -0.25) is 9.88 Å². The molecule has 1 fully saturated rings. The molecule has 0 N–H and O–H groups in total. The van der Waals surface area contributed by atoms with E-state index in [9.17, 15) is 13.2 Å². The molecule has 0 spiro atoms. The minimum absolute atomic E-state index is 0.297. The normalized spacial score (nSPS) is 16.2. The highest BCUT2D eigenvalue weighted by molar-refractivity contribution is 7.99. The first kappa shape index (κ1) is 24.9. The summed E-state index contributed by atoms with van der Waals surface area (Å²) in [5, 5.41) is 9.41. The van der Waals surface area contributed by atoms with Gasteiger partial charge in [-0.2, -0.15) is 13.2 Å². The van der Waals surface area contributed by atoms with Gasteiger partial charge in [-0.1, -0.05) is 24.1 Å². The second kappa shape index (κ2) is 11.5. The average Bonchev–Trinajstić information content (AvgIpc) is 3.29. The lowest BCUT2D eigenvalue weighted by atomic mass is 10.1. The number of benzene rings is 1. The largest absolute Gasteiger partial charge is 0.416 e. The van der Waals surface area contributed by atoms with Crippen molar-refractivity contribution < 1.29 is 17.9 Å². The lowest BCUT2D eigenvalue weighted by Crippen LogP contribution is -2.35. The summed E-state index contributed by atoms with van der Waals surface area (Å²) in [6, 6.07) is 5.95. The number of halogens is 3. The number of unbranched alkanes of at least 4 members (excludes halogenated alkanes) is 2. The number of fused-ring (bicyclic) bond motifs is 1. The molecule has 1 saturated heterocycles. The van der Waals surface area contributed by atoms with Crippen molar-refractivity contribution in [3.8, 4) is 0 Å². The zero-order valence-electron chi connectivity index (χ0n) is 19.3. The number of nitrogens with zero attached hydrogens (tertiary/aromatic N) is 5. The summed E-state index contributed by atoms with van der Waals surface area (Å²) in [7, 11) is 0. The topological polar surface area (TPSA) is 56.1 Å². The molecule has 0 bridgehead atoms. The molecule has 3 aromatic rings. The maximum atomic E-state index is 13.0. The Morgan fingerprint density at radius 1 is 1.12 bits per heavy atom. The molecule has 0 amide bonds. The number of hydrogen-bond donors (Lipinski definition) is 0. The van der Waals surface area contributed by atoms with E-state index in [1.807, 2.05) is 10.7 Å². The van der Waals surface area contributed by atoms with Gasteiger partial charge in [0.1, 0.15) is 0 Å². The van der Waals surface area contributed by atoms with Gasteiger partial charge >= 0.3 is 6.18 Å². The summed E-state index contributed by atoms with van der Waals surface area (Å²) in [5.41, 5.74) is 0.718. The molecule has 3 heterocycles. The highest BCUT2D eigenvalue weighted by Gasteiger charge is 2.30. The van der Waals surface area contributed by atoms with Crippen molar-refractivity contribution in [1.29, 1.82) is 0 Å². The Balaban J connectivity index is 1.18. The van der Waals surface area contributed by atoms with Crippen LogP contribution in [0.5, 0.6) is 0 Å². The van der Waals surface area contributed by atoms with Gasteiger partial charge in [0.2, 0.25) is 0 Å². The van der Waals surface area contributed by atoms with Gasteiger partial charge in [0.25, 0.3) is 0 Å². The van der Waals surface area contributed by atoms with Crippen LogP contribution in [0.1, 0.15) is 49.9 Å². The van der Waals surface area contributed by atoms with Gasteiger partial charge in [0.15, 0.2) is 0 Å². The summed E-state index contributed by atoms with van der Waals surface area (Å²) in [6.45, 7) is 6.40. The van der Waals surface area contributed by atoms with E-state index in [2.05, 4.69) is 33.3 Å². The van der Waals surface area contributed by atoms with E-state index in [-0.39, 0.29) is 0 Å². The summed E-state index contributed by atoms with van der Waals surface area (Å²) >= 11 is 1.68. The zero-order valence-corrected chi connectivity index (χ0v) is 20.1. The fourth-order valence-electron chi connectivity index (χ4n) is 4.05. The molecule has 1 atom stereocenters. The van der Waals surface area contributed by atoms with Crippen LogP contribution in [0, 0.1) is 0 Å². The Hall–Kier alpha value is -2.17. The molecule has 1 aliphatic heterocycles. The molecular formula is C24H30F3N5OS. The van der Waals surface area contributed by atoms with Crippen LogP contribution in [0.2, 0.25) is 0 Å². The molecule has 1 aliphatic rings. The van der Waals surface area contributed by atoms with Crippen LogP contribution in [-0.2, 0) is 17.5 Å². The number of rotatable bonds is 10. The number of alkyl halides is 3. The zero-order chi connectivity index (χ0) is 24.0. The molecule has 0 aliphatic carbocycles. The van der Waals surface area contributed by atoms with Gasteiger partial charge in [0.05, 0.1) is 42.2 Å². The van der Waals surface area contributed by atoms with E-state index < -0.39 is 11.7 Å². The van der Waals surface area contributed by atoms with Crippen molar-refractivity contribution in [1.82, 2.24) is 24.9 Å². The number of hydrogen-bond acceptors (Lipinski definition) is 6. The first-order valence-corrected chi connectivity index (χ1v) is 12.7. The Bertz CT molecular complexity index is 1070. The first-order chi connectivity index (χ1) is 16.4. The fourth-order valence-corrected chi connectivity index (χ4v) is 5.10. The predicted octanol–water partition coefficient (Wildman–Crippen LogP) is 5.59. The van der Waals surface area contributed by atoms with Crippen LogP contribution in [0.3, 0.4) is 0 Å². The average molecular weight is 494 g/mol. The van der Waals surface area contributed by atoms with Crippen molar-refractivity contribution in [2.24, 2.45) is 0 Å². The Kier molecular flexibility index (Phi) is 8.44. The third-order valence-electron chi connectivity index (χ3n) is 6.05. The van der Waals surface area contributed by atoms with Gasteiger partial charge in [0, 0.05) is 36.1 Å². The van der Waals surface area contributed by atoms with Crippen molar-refractivity contribution in [3.63, 3.8) is 0 Å². The fraction of sp³-hybridized carbons (Fsp3) is 0.542. The SMILES string of the molecule is CC(CCCCCSc1ccnc2cc(C(F)(F)F)ccc12)n1cc(CN2CCOCC2)nn1. The molecule has 4 rings (SSSR count). The maximum Gasteiger partial charge on any atom is 0.416 e. The number of ether oxygens (including phenoxy) is 1. The van der Waals surface area contributed by atoms with Crippen molar-refractivity contribution in [3.05, 3.63) is 47.9 Å². The van der Waals surface area contributed by atoms with Crippen LogP contribution in [0.4, 0.5) is 13.2 Å². The smallest absolute Gasteiger partial charge is 0.379 e. The van der Waals surface area contributed by atoms with Gasteiger partial charge in [-0.15, -0.1) is 16.9 Å². The van der Waals surface area contributed by atoms with E-state index in [0.29, 0.717) is 11.6 Å². The Morgan fingerprint density at radius 2 is 1.94 bits per heavy atom. The molecule has 184 valence electrons. The summed E-state index contributed by atoms with van der Waals surface area (Å²) in [6.07, 6.45) is 3.53. The number of aromatic nitrogens is 4. The molecule has 6 nitrogen and oxygen atoms in total. The molecular weight excluding hydrogens is 463 g/mol. The predicted molar refractivity (Wildman–Crippen MR) is 127 cm³/mol. The third-order valence-corrected chi connectivity index (χ3v) is 7.21.